The van der Waals surface area contributed by atoms with E-state index < -0.39 is 11.9 Å². The van der Waals surface area contributed by atoms with Gasteiger partial charge in [-0.05, 0) is 54.1 Å². The fourth-order valence-corrected chi connectivity index (χ4v) is 3.57. The largest absolute Gasteiger partial charge is 0.493 e. The SMILES string of the molecule is COc1cc(/C=C2\N=C(c3ccccc3Cl)OC2=O)ccc1OC(=O)c1cccc(Br)c1. The number of benzene rings is 3. The number of aliphatic imine (C=N–C) groups is 1. The van der Waals surface area contributed by atoms with Crippen LogP contribution in [0.5, 0.6) is 11.5 Å². The topological polar surface area (TPSA) is 74.2 Å². The predicted molar refractivity (Wildman–Crippen MR) is 124 cm³/mol. The lowest BCUT2D eigenvalue weighted by Gasteiger charge is -2.10. The smallest absolute Gasteiger partial charge is 0.363 e. The minimum atomic E-state index is -0.593. The van der Waals surface area contributed by atoms with Crippen molar-refractivity contribution in [2.75, 3.05) is 7.11 Å². The maximum Gasteiger partial charge on any atom is 0.363 e. The molecule has 0 amide bonds. The Morgan fingerprint density at radius 3 is 2.62 bits per heavy atom. The molecule has 0 unspecified atom stereocenters. The van der Waals surface area contributed by atoms with Crippen LogP contribution in [-0.4, -0.2) is 24.9 Å². The van der Waals surface area contributed by atoms with Gasteiger partial charge in [-0.15, -0.1) is 0 Å². The number of esters is 2. The van der Waals surface area contributed by atoms with Crippen molar-refractivity contribution in [3.05, 3.63) is 98.6 Å². The fraction of sp³-hybridized carbons (Fsp3) is 0.0417. The highest BCUT2D eigenvalue weighted by atomic mass is 79.9. The van der Waals surface area contributed by atoms with Gasteiger partial charge >= 0.3 is 11.9 Å². The molecule has 0 fully saturated rings. The zero-order chi connectivity index (χ0) is 22.7. The van der Waals surface area contributed by atoms with Gasteiger partial charge in [-0.2, -0.15) is 0 Å². The van der Waals surface area contributed by atoms with E-state index in [9.17, 15) is 9.59 Å². The van der Waals surface area contributed by atoms with Crippen LogP contribution in [0.3, 0.4) is 0 Å². The van der Waals surface area contributed by atoms with E-state index >= 15 is 0 Å². The zero-order valence-corrected chi connectivity index (χ0v) is 19.0. The predicted octanol–water partition coefficient (Wildman–Crippen LogP) is 5.67. The lowest BCUT2D eigenvalue weighted by Crippen LogP contribution is -2.09. The fourth-order valence-electron chi connectivity index (χ4n) is 2.95. The number of rotatable bonds is 5. The Bertz CT molecular complexity index is 1280. The molecule has 4 rings (SSSR count). The number of methoxy groups -OCH3 is 1. The van der Waals surface area contributed by atoms with Crippen molar-refractivity contribution in [3.8, 4) is 11.5 Å². The second-order valence-electron chi connectivity index (χ2n) is 6.63. The van der Waals surface area contributed by atoms with Gasteiger partial charge in [-0.3, -0.25) is 0 Å². The van der Waals surface area contributed by atoms with E-state index in [1.165, 1.54) is 7.11 Å². The number of halogens is 2. The highest BCUT2D eigenvalue weighted by Gasteiger charge is 2.25. The van der Waals surface area contributed by atoms with E-state index in [2.05, 4.69) is 20.9 Å². The molecule has 1 heterocycles. The number of ether oxygens (including phenoxy) is 3. The molecule has 6 nitrogen and oxygen atoms in total. The monoisotopic (exact) mass is 511 g/mol. The minimum Gasteiger partial charge on any atom is -0.493 e. The van der Waals surface area contributed by atoms with Crippen molar-refractivity contribution < 1.29 is 23.8 Å². The van der Waals surface area contributed by atoms with Gasteiger partial charge in [0.1, 0.15) is 0 Å². The summed E-state index contributed by atoms with van der Waals surface area (Å²) in [4.78, 5) is 29.0. The Hall–Kier alpha value is -3.42. The summed E-state index contributed by atoms with van der Waals surface area (Å²) in [6, 6.07) is 18.7. The molecule has 0 N–H and O–H groups in total. The van der Waals surface area contributed by atoms with Gasteiger partial charge in [0, 0.05) is 4.47 Å². The Morgan fingerprint density at radius 1 is 1.06 bits per heavy atom. The molecule has 1 aliphatic rings. The van der Waals surface area contributed by atoms with E-state index in [1.54, 1.807) is 66.7 Å². The van der Waals surface area contributed by atoms with Crippen LogP contribution < -0.4 is 9.47 Å². The van der Waals surface area contributed by atoms with Crippen molar-refractivity contribution in [1.29, 1.82) is 0 Å². The summed E-state index contributed by atoms with van der Waals surface area (Å²) < 4.78 is 16.9. The summed E-state index contributed by atoms with van der Waals surface area (Å²) >= 11 is 9.49. The lowest BCUT2D eigenvalue weighted by atomic mass is 10.1. The summed E-state index contributed by atoms with van der Waals surface area (Å²) in [6.07, 6.45) is 1.55. The molecule has 8 heteroatoms. The van der Waals surface area contributed by atoms with E-state index in [1.807, 2.05) is 6.07 Å². The molecule has 0 spiro atoms. The standard InChI is InChI=1S/C24H15BrClNO5/c1-30-21-12-14(9-10-20(21)31-23(28)15-5-4-6-16(25)13-15)11-19-24(29)32-22(27-19)17-7-2-3-8-18(17)26/h2-13H,1H3/b19-11-. The normalized spacial score (nSPS) is 14.2. The maximum atomic E-state index is 12.4. The third-order valence-corrected chi connectivity index (χ3v) is 5.30. The number of hydrogen-bond acceptors (Lipinski definition) is 6. The average Bonchev–Trinajstić information content (AvgIpc) is 3.14. The third kappa shape index (κ3) is 4.74. The van der Waals surface area contributed by atoms with E-state index in [4.69, 9.17) is 25.8 Å². The number of hydrogen-bond donors (Lipinski definition) is 0. The van der Waals surface area contributed by atoms with Crippen LogP contribution >= 0.6 is 27.5 Å². The first-order valence-corrected chi connectivity index (χ1v) is 10.5. The first-order valence-electron chi connectivity index (χ1n) is 9.38. The molecular weight excluding hydrogens is 498 g/mol. The molecule has 160 valence electrons. The van der Waals surface area contributed by atoms with Crippen molar-refractivity contribution in [2.24, 2.45) is 4.99 Å². The van der Waals surface area contributed by atoms with E-state index in [0.717, 1.165) is 4.47 Å². The lowest BCUT2D eigenvalue weighted by molar-refractivity contribution is -0.129. The van der Waals surface area contributed by atoms with Crippen molar-refractivity contribution in [1.82, 2.24) is 0 Å². The van der Waals surface area contributed by atoms with Gasteiger partial charge < -0.3 is 14.2 Å². The first-order chi connectivity index (χ1) is 15.4. The van der Waals surface area contributed by atoms with Gasteiger partial charge in [0.15, 0.2) is 17.2 Å². The second-order valence-corrected chi connectivity index (χ2v) is 7.95. The summed E-state index contributed by atoms with van der Waals surface area (Å²) in [6.45, 7) is 0. The molecule has 0 aromatic heterocycles. The van der Waals surface area contributed by atoms with E-state index in [-0.39, 0.29) is 17.3 Å². The Kier molecular flexibility index (Phi) is 6.39. The van der Waals surface area contributed by atoms with E-state index in [0.29, 0.717) is 27.5 Å². The molecule has 1 aliphatic heterocycles. The molecule has 3 aromatic rings. The molecule has 0 saturated heterocycles. The second kappa shape index (κ2) is 9.38. The van der Waals surface area contributed by atoms with Gasteiger partial charge in [-0.25, -0.2) is 14.6 Å². The van der Waals surface area contributed by atoms with Crippen molar-refractivity contribution >= 4 is 51.4 Å². The van der Waals surface area contributed by atoms with Crippen LogP contribution in [0.1, 0.15) is 21.5 Å². The number of nitrogens with zero attached hydrogens (tertiary/aromatic N) is 1. The summed E-state index contributed by atoms with van der Waals surface area (Å²) in [7, 11) is 1.46. The maximum absolute atomic E-state index is 12.4. The third-order valence-electron chi connectivity index (χ3n) is 4.48. The Balaban J connectivity index is 1.59. The first kappa shape index (κ1) is 21.8. The molecule has 0 atom stereocenters. The summed E-state index contributed by atoms with van der Waals surface area (Å²) in [5.41, 5.74) is 1.64. The van der Waals surface area contributed by atoms with Crippen LogP contribution in [0, 0.1) is 0 Å². The summed E-state index contributed by atoms with van der Waals surface area (Å²) in [5, 5.41) is 0.429. The van der Waals surface area contributed by atoms with Crippen LogP contribution in [0.4, 0.5) is 0 Å². The Morgan fingerprint density at radius 2 is 1.88 bits per heavy atom. The number of carbonyl (C=O) groups is 2. The van der Waals surface area contributed by atoms with Gasteiger partial charge in [0.2, 0.25) is 5.90 Å². The van der Waals surface area contributed by atoms with Gasteiger partial charge in [0.25, 0.3) is 0 Å². The molecule has 0 aliphatic carbocycles. The number of carbonyl (C=O) groups excluding carboxylic acids is 2. The molecular formula is C24H15BrClNO5. The van der Waals surface area contributed by atoms with Crippen LogP contribution in [-0.2, 0) is 9.53 Å². The van der Waals surface area contributed by atoms with Crippen molar-refractivity contribution in [3.63, 3.8) is 0 Å². The zero-order valence-electron chi connectivity index (χ0n) is 16.7. The van der Waals surface area contributed by atoms with Gasteiger partial charge in [0.05, 0.1) is 23.3 Å². The van der Waals surface area contributed by atoms with Crippen molar-refractivity contribution in [2.45, 2.75) is 0 Å². The summed E-state index contributed by atoms with van der Waals surface area (Å²) in [5.74, 6) is -0.412. The highest BCUT2D eigenvalue weighted by molar-refractivity contribution is 9.10. The quantitative estimate of drug-likeness (QED) is 0.250. The molecule has 0 radical (unpaired) electrons. The average molecular weight is 513 g/mol. The van der Waals surface area contributed by atoms with Crippen LogP contribution in [0.25, 0.3) is 6.08 Å². The van der Waals surface area contributed by atoms with Crippen LogP contribution in [0.15, 0.2) is 81.9 Å². The number of cyclic esters (lactones) is 1. The van der Waals surface area contributed by atoms with Crippen LogP contribution in [0.2, 0.25) is 5.02 Å². The molecule has 0 bridgehead atoms. The molecule has 32 heavy (non-hydrogen) atoms. The van der Waals surface area contributed by atoms with Gasteiger partial charge in [-0.1, -0.05) is 51.8 Å². The molecule has 0 saturated carbocycles. The minimum absolute atomic E-state index is 0.112. The highest BCUT2D eigenvalue weighted by Crippen LogP contribution is 2.31. The molecule has 3 aromatic carbocycles. The Labute approximate surface area is 197 Å².